The summed E-state index contributed by atoms with van der Waals surface area (Å²) in [4.78, 5) is 14.6. The Labute approximate surface area is 174 Å². The second-order valence-electron chi connectivity index (χ2n) is 7.51. The molecule has 2 aromatic rings. The van der Waals surface area contributed by atoms with Gasteiger partial charge in [-0.2, -0.15) is 0 Å². The van der Waals surface area contributed by atoms with Gasteiger partial charge in [-0.15, -0.1) is 0 Å². The number of rotatable bonds is 10. The predicted molar refractivity (Wildman–Crippen MR) is 118 cm³/mol. The lowest BCUT2D eigenvalue weighted by atomic mass is 10.0. The van der Waals surface area contributed by atoms with E-state index in [1.54, 1.807) is 0 Å². The summed E-state index contributed by atoms with van der Waals surface area (Å²) in [6.45, 7) is 5.84. The normalized spacial score (nSPS) is 15.5. The van der Waals surface area contributed by atoms with E-state index in [0.717, 1.165) is 30.9 Å². The van der Waals surface area contributed by atoms with E-state index < -0.39 is 0 Å². The summed E-state index contributed by atoms with van der Waals surface area (Å²) in [5.74, 6) is 0.971. The number of hydrogen-bond acceptors (Lipinski definition) is 4. The van der Waals surface area contributed by atoms with Crippen LogP contribution in [0.2, 0.25) is 0 Å². The molecule has 1 saturated heterocycles. The van der Waals surface area contributed by atoms with Crippen LogP contribution in [0.4, 0.5) is 5.69 Å². The Morgan fingerprint density at radius 3 is 2.52 bits per heavy atom. The van der Waals surface area contributed by atoms with Crippen LogP contribution in [-0.4, -0.2) is 43.6 Å². The van der Waals surface area contributed by atoms with Crippen molar-refractivity contribution in [1.29, 1.82) is 0 Å². The third-order valence-corrected chi connectivity index (χ3v) is 5.29. The Bertz CT molecular complexity index is 745. The van der Waals surface area contributed by atoms with Gasteiger partial charge in [-0.3, -0.25) is 9.69 Å². The van der Waals surface area contributed by atoms with E-state index in [2.05, 4.69) is 27.7 Å². The first-order valence-corrected chi connectivity index (χ1v) is 10.8. The third kappa shape index (κ3) is 6.79. The molecular formula is C24H33N3O2. The SMILES string of the molecule is CCOc1ccccc1NC(CCNC(=O)CN1CCCCC1)c1ccccc1. The second-order valence-corrected chi connectivity index (χ2v) is 7.51. The number of hydrogen-bond donors (Lipinski definition) is 2. The number of amides is 1. The zero-order chi connectivity index (χ0) is 20.3. The molecular weight excluding hydrogens is 362 g/mol. The van der Waals surface area contributed by atoms with E-state index in [1.807, 2.05) is 49.4 Å². The zero-order valence-corrected chi connectivity index (χ0v) is 17.4. The number of para-hydroxylation sites is 2. The van der Waals surface area contributed by atoms with E-state index >= 15 is 0 Å². The van der Waals surface area contributed by atoms with Crippen LogP contribution in [0.15, 0.2) is 54.6 Å². The number of anilines is 1. The van der Waals surface area contributed by atoms with E-state index in [9.17, 15) is 4.79 Å². The Kier molecular flexibility index (Phi) is 8.38. The van der Waals surface area contributed by atoms with Crippen molar-refractivity contribution < 1.29 is 9.53 Å². The molecule has 1 heterocycles. The fourth-order valence-electron chi connectivity index (χ4n) is 3.79. The topological polar surface area (TPSA) is 53.6 Å². The number of piperidine rings is 1. The van der Waals surface area contributed by atoms with Gasteiger partial charge < -0.3 is 15.4 Å². The van der Waals surface area contributed by atoms with Gasteiger partial charge in [-0.05, 0) is 57.0 Å². The number of ether oxygens (including phenoxy) is 1. The standard InChI is InChI=1S/C24H33N3O2/c1-2-29-23-14-8-7-13-22(23)26-21(20-11-5-3-6-12-20)15-16-25-24(28)19-27-17-9-4-10-18-27/h3,5-8,11-14,21,26H,2,4,9-10,15-19H2,1H3,(H,25,28). The number of likely N-dealkylation sites (tertiary alicyclic amines) is 1. The monoisotopic (exact) mass is 395 g/mol. The fourth-order valence-corrected chi connectivity index (χ4v) is 3.79. The smallest absolute Gasteiger partial charge is 0.234 e. The van der Waals surface area contributed by atoms with E-state index in [0.29, 0.717) is 19.7 Å². The molecule has 1 atom stereocenters. The van der Waals surface area contributed by atoms with Crippen LogP contribution in [0.25, 0.3) is 0 Å². The van der Waals surface area contributed by atoms with Crippen molar-refractivity contribution in [1.82, 2.24) is 10.2 Å². The molecule has 0 aromatic heterocycles. The van der Waals surface area contributed by atoms with Gasteiger partial charge in [0.2, 0.25) is 5.91 Å². The molecule has 0 radical (unpaired) electrons. The van der Waals surface area contributed by atoms with E-state index in [1.165, 1.54) is 24.8 Å². The fraction of sp³-hybridized carbons (Fsp3) is 0.458. The highest BCUT2D eigenvalue weighted by molar-refractivity contribution is 5.78. The van der Waals surface area contributed by atoms with Gasteiger partial charge in [0.1, 0.15) is 5.75 Å². The largest absolute Gasteiger partial charge is 0.492 e. The summed E-state index contributed by atoms with van der Waals surface area (Å²) in [5, 5.41) is 6.72. The average Bonchev–Trinajstić information content (AvgIpc) is 2.76. The highest BCUT2D eigenvalue weighted by atomic mass is 16.5. The van der Waals surface area contributed by atoms with Gasteiger partial charge in [-0.1, -0.05) is 48.9 Å². The molecule has 3 rings (SSSR count). The lowest BCUT2D eigenvalue weighted by molar-refractivity contribution is -0.122. The third-order valence-electron chi connectivity index (χ3n) is 5.29. The molecule has 0 saturated carbocycles. The highest BCUT2D eigenvalue weighted by Crippen LogP contribution is 2.29. The first-order chi connectivity index (χ1) is 14.3. The summed E-state index contributed by atoms with van der Waals surface area (Å²) in [6.07, 6.45) is 4.49. The Morgan fingerprint density at radius 1 is 1.03 bits per heavy atom. The summed E-state index contributed by atoms with van der Waals surface area (Å²) >= 11 is 0. The van der Waals surface area contributed by atoms with Crippen molar-refractivity contribution in [3.63, 3.8) is 0 Å². The van der Waals surface area contributed by atoms with Gasteiger partial charge in [0, 0.05) is 6.54 Å². The molecule has 1 amide bonds. The number of benzene rings is 2. The predicted octanol–water partition coefficient (Wildman–Crippen LogP) is 4.23. The summed E-state index contributed by atoms with van der Waals surface area (Å²) in [6, 6.07) is 18.5. The van der Waals surface area contributed by atoms with Gasteiger partial charge in [0.05, 0.1) is 24.9 Å². The van der Waals surface area contributed by atoms with Crippen molar-refractivity contribution in [3.8, 4) is 5.75 Å². The molecule has 2 aromatic carbocycles. The van der Waals surface area contributed by atoms with Gasteiger partial charge >= 0.3 is 0 Å². The molecule has 29 heavy (non-hydrogen) atoms. The summed E-state index contributed by atoms with van der Waals surface area (Å²) in [5.41, 5.74) is 2.17. The molecule has 5 heteroatoms. The van der Waals surface area contributed by atoms with Crippen LogP contribution < -0.4 is 15.4 Å². The Balaban J connectivity index is 1.59. The zero-order valence-electron chi connectivity index (χ0n) is 17.4. The van der Waals surface area contributed by atoms with Gasteiger partial charge in [-0.25, -0.2) is 0 Å². The summed E-state index contributed by atoms with van der Waals surface area (Å²) in [7, 11) is 0. The highest BCUT2D eigenvalue weighted by Gasteiger charge is 2.16. The van der Waals surface area contributed by atoms with Crippen molar-refractivity contribution in [2.75, 3.05) is 38.1 Å². The van der Waals surface area contributed by atoms with Crippen molar-refractivity contribution in [2.24, 2.45) is 0 Å². The minimum absolute atomic E-state index is 0.0908. The molecule has 0 spiro atoms. The molecule has 0 bridgehead atoms. The number of nitrogens with one attached hydrogen (secondary N) is 2. The van der Waals surface area contributed by atoms with Crippen LogP contribution in [-0.2, 0) is 4.79 Å². The van der Waals surface area contributed by atoms with Crippen LogP contribution in [0.5, 0.6) is 5.75 Å². The quantitative estimate of drug-likeness (QED) is 0.632. The number of carbonyl (C=O) groups excluding carboxylic acids is 1. The Morgan fingerprint density at radius 2 is 1.76 bits per heavy atom. The second kappa shape index (κ2) is 11.5. The maximum Gasteiger partial charge on any atom is 0.234 e. The van der Waals surface area contributed by atoms with E-state index in [4.69, 9.17) is 4.74 Å². The van der Waals surface area contributed by atoms with Crippen molar-refractivity contribution in [3.05, 3.63) is 60.2 Å². The maximum atomic E-state index is 12.3. The van der Waals surface area contributed by atoms with Crippen LogP contribution in [0.1, 0.15) is 44.2 Å². The van der Waals surface area contributed by atoms with Crippen molar-refractivity contribution >= 4 is 11.6 Å². The van der Waals surface area contributed by atoms with Gasteiger partial charge in [0.15, 0.2) is 0 Å². The Hall–Kier alpha value is -2.53. The molecule has 1 aliphatic rings. The van der Waals surface area contributed by atoms with Crippen LogP contribution >= 0.6 is 0 Å². The molecule has 1 unspecified atom stereocenters. The first-order valence-electron chi connectivity index (χ1n) is 10.8. The molecule has 156 valence electrons. The van der Waals surface area contributed by atoms with Crippen molar-refractivity contribution in [2.45, 2.75) is 38.6 Å². The molecule has 0 aliphatic carbocycles. The van der Waals surface area contributed by atoms with Gasteiger partial charge in [0.25, 0.3) is 0 Å². The molecule has 1 aliphatic heterocycles. The number of carbonyl (C=O) groups is 1. The minimum atomic E-state index is 0.0908. The average molecular weight is 396 g/mol. The lowest BCUT2D eigenvalue weighted by Crippen LogP contribution is -2.40. The summed E-state index contributed by atoms with van der Waals surface area (Å²) < 4.78 is 5.76. The lowest BCUT2D eigenvalue weighted by Gasteiger charge is -2.26. The first kappa shape index (κ1) is 21.2. The molecule has 2 N–H and O–H groups in total. The van der Waals surface area contributed by atoms with Crippen LogP contribution in [0.3, 0.4) is 0 Å². The molecule has 5 nitrogen and oxygen atoms in total. The maximum absolute atomic E-state index is 12.3. The van der Waals surface area contributed by atoms with E-state index in [-0.39, 0.29) is 11.9 Å². The van der Waals surface area contributed by atoms with Crippen LogP contribution in [0, 0.1) is 0 Å². The number of nitrogens with zero attached hydrogens (tertiary/aromatic N) is 1. The minimum Gasteiger partial charge on any atom is -0.492 e. The molecule has 1 fully saturated rings.